The maximum Gasteiger partial charge on any atom is 0.430 e. The van der Waals surface area contributed by atoms with E-state index in [1.54, 1.807) is 0 Å². The molecule has 8 nitrogen and oxygen atoms in total. The third-order valence-corrected chi connectivity index (χ3v) is 2.60. The van der Waals surface area contributed by atoms with Crippen molar-refractivity contribution >= 4 is 29.4 Å². The first kappa shape index (κ1) is 19.8. The zero-order valence-electron chi connectivity index (χ0n) is 11.5. The largest absolute Gasteiger partial charge is 0.542 e. The van der Waals surface area contributed by atoms with Crippen LogP contribution in [0.3, 0.4) is 0 Å². The number of hydrogen-bond donors (Lipinski definition) is 1. The number of amides is 1. The number of aliphatic carboxylic acids is 1. The summed E-state index contributed by atoms with van der Waals surface area (Å²) in [4.78, 5) is 31.5. The van der Waals surface area contributed by atoms with Crippen LogP contribution in [0.5, 0.6) is 0 Å². The predicted octanol–water partition coefficient (Wildman–Crippen LogP) is -1.35. The number of carboxylic acids is 1. The molecule has 1 heterocycles. The number of alkyl halides is 3. The van der Waals surface area contributed by atoms with Crippen LogP contribution in [-0.4, -0.2) is 42.2 Å². The van der Waals surface area contributed by atoms with Crippen molar-refractivity contribution in [3.8, 4) is 0 Å². The quantitative estimate of drug-likeness (QED) is 0.534. The highest BCUT2D eigenvalue weighted by molar-refractivity contribution is 7.07. The van der Waals surface area contributed by atoms with E-state index in [4.69, 9.17) is 9.90 Å². The molecule has 1 rings (SSSR count). The zero-order chi connectivity index (χ0) is 17.3. The topological polar surface area (TPSA) is 112 Å². The highest BCUT2D eigenvalue weighted by Gasteiger charge is 2.28. The molecule has 1 N–H and O–H groups in total. The first-order chi connectivity index (χ1) is 10.1. The maximum absolute atomic E-state index is 11.3. The van der Waals surface area contributed by atoms with Crippen LogP contribution in [0.2, 0.25) is 0 Å². The van der Waals surface area contributed by atoms with E-state index >= 15 is 0 Å². The van der Waals surface area contributed by atoms with E-state index in [1.807, 2.05) is 6.92 Å². The van der Waals surface area contributed by atoms with E-state index in [2.05, 4.69) is 14.5 Å². The van der Waals surface area contributed by atoms with Gasteiger partial charge in [0.15, 0.2) is 4.88 Å². The monoisotopic (exact) mass is 343 g/mol. The number of carbonyl (C=O) groups is 3. The second kappa shape index (κ2) is 8.92. The van der Waals surface area contributed by atoms with Gasteiger partial charge >= 0.3 is 12.1 Å². The molecule has 1 amide bonds. The number of nitrogens with one attached hydrogen (secondary N) is 1. The molecular formula is C10H12F3N3O5S. The normalized spacial score (nSPS) is 10.2. The van der Waals surface area contributed by atoms with E-state index in [-0.39, 0.29) is 12.5 Å². The van der Waals surface area contributed by atoms with E-state index in [9.17, 15) is 22.8 Å². The zero-order valence-corrected chi connectivity index (χ0v) is 12.3. The molecule has 0 bridgehead atoms. The first-order valence-corrected chi connectivity index (χ1v) is 6.38. The lowest BCUT2D eigenvalue weighted by Crippen LogP contribution is -2.39. The summed E-state index contributed by atoms with van der Waals surface area (Å²) in [5.74, 6) is -3.58. The molecule has 0 saturated heterocycles. The third kappa shape index (κ3) is 7.52. The molecule has 1 aromatic rings. The van der Waals surface area contributed by atoms with E-state index < -0.39 is 18.1 Å². The van der Waals surface area contributed by atoms with Crippen molar-refractivity contribution in [3.05, 3.63) is 11.1 Å². The summed E-state index contributed by atoms with van der Waals surface area (Å²) in [5.41, 5.74) is 0. The fourth-order valence-electron chi connectivity index (χ4n) is 0.898. The molecule has 1 aromatic heterocycles. The van der Waals surface area contributed by atoms with Crippen LogP contribution in [-0.2, 0) is 20.9 Å². The fraction of sp³-hybridized carbons (Fsp3) is 0.500. The van der Waals surface area contributed by atoms with Gasteiger partial charge in [-0.2, -0.15) is 13.2 Å². The van der Waals surface area contributed by atoms with Gasteiger partial charge in [0, 0.05) is 18.1 Å². The Morgan fingerprint density at radius 3 is 2.41 bits per heavy atom. The Hall–Kier alpha value is -2.24. The Morgan fingerprint density at radius 1 is 1.45 bits per heavy atom. The predicted molar refractivity (Wildman–Crippen MR) is 63.4 cm³/mol. The lowest BCUT2D eigenvalue weighted by molar-refractivity contribution is -0.735. The van der Waals surface area contributed by atoms with Crippen molar-refractivity contribution in [2.75, 3.05) is 13.7 Å². The van der Waals surface area contributed by atoms with Crippen LogP contribution in [0.15, 0.2) is 6.20 Å². The van der Waals surface area contributed by atoms with Gasteiger partial charge in [0.2, 0.25) is 6.20 Å². The maximum atomic E-state index is 11.3. The van der Waals surface area contributed by atoms with Crippen molar-refractivity contribution < 1.29 is 42.1 Å². The molecule has 0 radical (unpaired) electrons. The summed E-state index contributed by atoms with van der Waals surface area (Å²) in [6, 6.07) is 0. The van der Waals surface area contributed by atoms with Crippen molar-refractivity contribution in [2.45, 2.75) is 19.6 Å². The SMILES string of the molecule is CCNC(=O)c1c[n+](CC(=O)OC)ns1.O=C([O-])C(F)(F)F. The van der Waals surface area contributed by atoms with Crippen LogP contribution in [0.25, 0.3) is 0 Å². The second-order valence-corrected chi connectivity index (χ2v) is 4.27. The van der Waals surface area contributed by atoms with Crippen molar-refractivity contribution in [1.29, 1.82) is 0 Å². The summed E-state index contributed by atoms with van der Waals surface area (Å²) in [6.07, 6.45) is -3.67. The number of carbonyl (C=O) groups excluding carboxylic acids is 3. The second-order valence-electron chi connectivity index (χ2n) is 3.48. The average molecular weight is 343 g/mol. The first-order valence-electron chi connectivity index (χ1n) is 5.61. The molecule has 0 unspecified atom stereocenters. The van der Waals surface area contributed by atoms with Crippen molar-refractivity contribution in [1.82, 2.24) is 9.81 Å². The lowest BCUT2D eigenvalue weighted by atomic mass is 10.5. The van der Waals surface area contributed by atoms with Gasteiger partial charge in [-0.05, 0) is 6.92 Å². The molecule has 0 aliphatic heterocycles. The molecule has 22 heavy (non-hydrogen) atoms. The van der Waals surface area contributed by atoms with Crippen LogP contribution in [0.4, 0.5) is 13.2 Å². The number of hydrogen-bond acceptors (Lipinski definition) is 7. The van der Waals surface area contributed by atoms with Gasteiger partial charge in [0.05, 0.1) is 11.6 Å². The molecule has 0 atom stereocenters. The van der Waals surface area contributed by atoms with Gasteiger partial charge in [-0.3, -0.25) is 4.79 Å². The summed E-state index contributed by atoms with van der Waals surface area (Å²) in [7, 11) is 1.31. The number of methoxy groups -OCH3 is 1. The van der Waals surface area contributed by atoms with Crippen molar-refractivity contribution in [3.63, 3.8) is 0 Å². The molecule has 124 valence electrons. The molecule has 0 aliphatic carbocycles. The number of nitrogens with zero attached hydrogens (tertiary/aromatic N) is 2. The molecule has 0 saturated carbocycles. The summed E-state index contributed by atoms with van der Waals surface area (Å²) in [5, 5.41) is 11.4. The number of rotatable bonds is 4. The highest BCUT2D eigenvalue weighted by atomic mass is 32.1. The lowest BCUT2D eigenvalue weighted by Gasteiger charge is -2.03. The highest BCUT2D eigenvalue weighted by Crippen LogP contribution is 2.11. The standard InChI is InChI=1S/C8H11N3O3S.C2HF3O2/c1-3-9-8(13)6-4-11(10-15-6)5-7(12)14-2;3-2(4,5)1(6)7/h4H,3,5H2,1-2H3;(H,6,7). The summed E-state index contributed by atoms with van der Waals surface area (Å²) >= 11 is 1.04. The molecule has 0 aromatic carbocycles. The van der Waals surface area contributed by atoms with Crippen LogP contribution in [0.1, 0.15) is 16.6 Å². The van der Waals surface area contributed by atoms with Gasteiger partial charge in [-0.25, -0.2) is 4.79 Å². The van der Waals surface area contributed by atoms with Crippen LogP contribution >= 0.6 is 11.5 Å². The molecule has 0 fully saturated rings. The van der Waals surface area contributed by atoms with Gasteiger partial charge in [-0.15, -0.1) is 0 Å². The number of carboxylic acid groups (broad SMARTS) is 1. The minimum Gasteiger partial charge on any atom is -0.542 e. The Kier molecular flexibility index (Phi) is 8.01. The Balaban J connectivity index is 0.000000534. The van der Waals surface area contributed by atoms with Crippen LogP contribution in [0, 0.1) is 0 Å². The Morgan fingerprint density at radius 2 is 2.00 bits per heavy atom. The van der Waals surface area contributed by atoms with Gasteiger partial charge in [0.25, 0.3) is 12.5 Å². The number of esters is 1. The number of halogens is 3. The van der Waals surface area contributed by atoms with E-state index in [0.717, 1.165) is 11.5 Å². The van der Waals surface area contributed by atoms with E-state index in [0.29, 0.717) is 11.4 Å². The molecule has 0 spiro atoms. The third-order valence-electron chi connectivity index (χ3n) is 1.82. The van der Waals surface area contributed by atoms with Crippen LogP contribution < -0.4 is 15.1 Å². The Bertz CT molecular complexity index is 532. The summed E-state index contributed by atoms with van der Waals surface area (Å²) in [6.45, 7) is 2.42. The molecular weight excluding hydrogens is 331 g/mol. The van der Waals surface area contributed by atoms with E-state index in [1.165, 1.54) is 18.0 Å². The van der Waals surface area contributed by atoms with Gasteiger partial charge in [0.1, 0.15) is 5.97 Å². The van der Waals surface area contributed by atoms with Crippen molar-refractivity contribution in [2.24, 2.45) is 0 Å². The van der Waals surface area contributed by atoms with Gasteiger partial charge < -0.3 is 20.0 Å². The Labute approximate surface area is 126 Å². The number of ether oxygens (including phenoxy) is 1. The molecule has 0 aliphatic rings. The minimum absolute atomic E-state index is 0.0202. The number of aromatic nitrogens is 2. The summed E-state index contributed by atoms with van der Waals surface area (Å²) < 4.78 is 41.3. The minimum atomic E-state index is -5.19. The van der Waals surface area contributed by atoms with Gasteiger partial charge in [-0.1, -0.05) is 4.68 Å². The smallest absolute Gasteiger partial charge is 0.430 e. The molecule has 12 heteroatoms. The average Bonchev–Trinajstić information content (AvgIpc) is 2.87. The fourth-order valence-corrected chi connectivity index (χ4v) is 1.52.